The second-order valence-electron chi connectivity index (χ2n) is 13.1. The summed E-state index contributed by atoms with van der Waals surface area (Å²) < 4.78 is 9.40. The van der Waals surface area contributed by atoms with Gasteiger partial charge in [0.15, 0.2) is 5.96 Å². The topological polar surface area (TPSA) is 325 Å². The van der Waals surface area contributed by atoms with Gasteiger partial charge in [0, 0.05) is 13.0 Å². The number of nitrogens with two attached hydrogens (primary N) is 2. The molecule has 1 saturated heterocycles. The van der Waals surface area contributed by atoms with Crippen LogP contribution in [-0.4, -0.2) is 108 Å². The van der Waals surface area contributed by atoms with Gasteiger partial charge in [-0.1, -0.05) is 26.0 Å². The van der Waals surface area contributed by atoms with E-state index in [1.807, 2.05) is 0 Å². The Hall–Kier alpha value is -6.11. The van der Waals surface area contributed by atoms with Gasteiger partial charge in [0.25, 0.3) is 0 Å². The Morgan fingerprint density at radius 3 is 2.28 bits per heavy atom. The molecule has 1 fully saturated rings. The molecule has 0 aliphatic carbocycles. The van der Waals surface area contributed by atoms with Crippen molar-refractivity contribution in [1.82, 2.24) is 40.3 Å². The molecule has 1 aromatic heterocycles. The minimum atomic E-state index is -1.61. The van der Waals surface area contributed by atoms with Crippen LogP contribution in [0, 0.1) is 5.92 Å². The molecule has 0 radical (unpaired) electrons. The fourth-order valence-electron chi connectivity index (χ4n) is 5.37. The number of carbonyl (C=O) groups excluding carboxylic acids is 6. The number of hydrogen-bond acceptors (Lipinski definition) is 11. The van der Waals surface area contributed by atoms with Gasteiger partial charge in [0.2, 0.25) is 29.5 Å². The van der Waals surface area contributed by atoms with Crippen LogP contribution in [0.5, 0.6) is 5.75 Å². The van der Waals surface area contributed by atoms with Gasteiger partial charge in [0.05, 0.1) is 13.0 Å². The summed E-state index contributed by atoms with van der Waals surface area (Å²) in [7, 11) is 0. The van der Waals surface area contributed by atoms with E-state index < -0.39 is 78.6 Å². The van der Waals surface area contributed by atoms with E-state index in [0.717, 1.165) is 0 Å². The molecule has 3 rings (SSSR count). The van der Waals surface area contributed by atoms with Gasteiger partial charge in [-0.05, 0) is 36.5 Å². The summed E-state index contributed by atoms with van der Waals surface area (Å²) in [5.41, 5.74) is 11.7. The standard InChI is InChI=1S/C35H47N12O9.Tc/c1-19(2)29-34(55)44-23(5-3-12-40-35(36)37)31(52)42-18-27(48)43-25(16-28(49)50)32(53)45-24(33(54)46-29)15-20-6-9-22(10-7-20)56-14-4-13-39-30(51)21-8-11-26(47-38)41-17-21;/h6-11,17,19,23-25,29H,3-5,12-16,18H2,1-2H3,(H,39,51)(H,42,52)(H,43,48)(H,44,55)(H,45,53)(H,46,54)(H,49,50)(H4,36,37,40);/q-1;+2/t23-,24+,25-,29-;/m0./s1. The maximum Gasteiger partial charge on any atom is 0.305 e. The van der Waals surface area contributed by atoms with Crippen LogP contribution < -0.4 is 51.5 Å². The number of nitrogens with one attached hydrogen (secondary N) is 6. The van der Waals surface area contributed by atoms with Gasteiger partial charge in [0.1, 0.15) is 29.9 Å². The molecule has 0 saturated carbocycles. The molecular formula is C35H47N12O9Tc+. The SMILES string of the molecule is CC(C)[C@@H]1NC(=O)[C@@H](Cc2ccc(OCCCNC(=O)c3ccc(N=[N+]=[Tc])nc3)cc2)NC(=O)[C@H](CC(=O)O)NC(=O)CNC(=O)[C@H](CCCN=C(N)N)NC1=O. The first-order valence-electron chi connectivity index (χ1n) is 17.9. The van der Waals surface area contributed by atoms with Crippen molar-refractivity contribution >= 4 is 53.2 Å². The van der Waals surface area contributed by atoms with Crippen molar-refractivity contribution in [2.45, 2.75) is 70.1 Å². The van der Waals surface area contributed by atoms with E-state index in [2.05, 4.69) is 50.4 Å². The molecule has 1 aliphatic heterocycles. The zero-order chi connectivity index (χ0) is 41.9. The number of benzene rings is 1. The second-order valence-corrected chi connectivity index (χ2v) is 13.5. The number of guanidine groups is 1. The van der Waals surface area contributed by atoms with Crippen LogP contribution in [0.1, 0.15) is 55.5 Å². The molecule has 6 amide bonds. The van der Waals surface area contributed by atoms with Gasteiger partial charge in [-0.3, -0.25) is 33.8 Å². The van der Waals surface area contributed by atoms with Gasteiger partial charge in [-0.15, -0.1) is 0 Å². The summed E-state index contributed by atoms with van der Waals surface area (Å²) in [5, 5.41) is 28.6. The Morgan fingerprint density at radius 1 is 0.947 bits per heavy atom. The number of nitrogens with zero attached hydrogens (tertiary/aromatic N) is 4. The first-order chi connectivity index (χ1) is 27.2. The second kappa shape index (κ2) is 23.1. The largest absolute Gasteiger partial charge is 0.481 e. The summed E-state index contributed by atoms with van der Waals surface area (Å²) in [6.45, 7) is 3.45. The number of ether oxygens (including phenoxy) is 1. The smallest absolute Gasteiger partial charge is 0.305 e. The van der Waals surface area contributed by atoms with E-state index >= 15 is 0 Å². The van der Waals surface area contributed by atoms with Crippen molar-refractivity contribution in [2.24, 2.45) is 27.5 Å². The molecule has 57 heavy (non-hydrogen) atoms. The maximum atomic E-state index is 13.8. The Morgan fingerprint density at radius 2 is 1.65 bits per heavy atom. The molecule has 0 unspecified atom stereocenters. The van der Waals surface area contributed by atoms with Gasteiger partial charge >= 0.3 is 108 Å². The van der Waals surface area contributed by atoms with Crippen LogP contribution in [0.2, 0.25) is 0 Å². The van der Waals surface area contributed by atoms with Gasteiger partial charge in [-0.2, -0.15) is 0 Å². The van der Waals surface area contributed by atoms with Crippen LogP contribution in [0.4, 0.5) is 5.82 Å². The van der Waals surface area contributed by atoms with Crippen LogP contribution in [-0.2, 0) is 53.9 Å². The summed E-state index contributed by atoms with van der Waals surface area (Å²) in [4.78, 5) is 98.7. The number of hydrogen-bond donors (Lipinski definition) is 9. The fourth-order valence-corrected chi connectivity index (χ4v) is 5.56. The van der Waals surface area contributed by atoms with Crippen molar-refractivity contribution in [3.63, 3.8) is 0 Å². The van der Waals surface area contributed by atoms with Crippen molar-refractivity contribution in [3.05, 3.63) is 53.7 Å². The Labute approximate surface area is 338 Å². The normalized spacial score (nSPS) is 19.2. The molecule has 0 spiro atoms. The average Bonchev–Trinajstić information content (AvgIpc) is 3.16. The zero-order valence-electron chi connectivity index (χ0n) is 31.3. The molecule has 22 heteroatoms. The van der Waals surface area contributed by atoms with Crippen LogP contribution in [0.3, 0.4) is 0 Å². The monoisotopic (exact) mass is 876 g/mol. The third-order valence-corrected chi connectivity index (χ3v) is 8.49. The quantitative estimate of drug-likeness (QED) is 0.0290. The number of carboxylic acids is 1. The van der Waals surface area contributed by atoms with Crippen molar-refractivity contribution in [1.29, 1.82) is 0 Å². The summed E-state index contributed by atoms with van der Waals surface area (Å²) in [6, 6.07) is 4.51. The molecule has 2 aromatic rings. The molecule has 307 valence electrons. The van der Waals surface area contributed by atoms with Crippen molar-refractivity contribution < 1.29 is 62.1 Å². The number of carboxylic acid groups (broad SMARTS) is 1. The fraction of sp³-hybridized carbons (Fsp3) is 0.457. The first-order valence-corrected chi connectivity index (χ1v) is 18.7. The first kappa shape index (κ1) is 45.3. The van der Waals surface area contributed by atoms with E-state index in [9.17, 15) is 38.7 Å². The van der Waals surface area contributed by atoms with Gasteiger partial charge in [-0.25, -0.2) is 0 Å². The number of amides is 6. The maximum absolute atomic E-state index is 13.8. The van der Waals surface area contributed by atoms with E-state index in [0.29, 0.717) is 35.7 Å². The Balaban J connectivity index is 1.73. The molecule has 1 aliphatic rings. The van der Waals surface area contributed by atoms with E-state index in [1.54, 1.807) is 69.0 Å². The van der Waals surface area contributed by atoms with Crippen LogP contribution >= 0.6 is 0 Å². The van der Waals surface area contributed by atoms with E-state index in [4.69, 9.17) is 16.2 Å². The summed E-state index contributed by atoms with van der Waals surface area (Å²) >= 11 is 1.73. The molecule has 1 aromatic carbocycles. The number of rotatable bonds is 16. The van der Waals surface area contributed by atoms with Crippen LogP contribution in [0.25, 0.3) is 0 Å². The zero-order valence-corrected chi connectivity index (χ0v) is 33.2. The predicted octanol–water partition coefficient (Wildman–Crippen LogP) is -2.04. The number of pyridine rings is 1. The Bertz CT molecular complexity index is 1830. The molecule has 0 bridgehead atoms. The van der Waals surface area contributed by atoms with Crippen molar-refractivity contribution in [2.75, 3.05) is 26.2 Å². The number of aliphatic imine (C=N–C) groups is 1. The van der Waals surface area contributed by atoms with Crippen molar-refractivity contribution in [3.8, 4) is 5.75 Å². The molecule has 21 nitrogen and oxygen atoms in total. The third-order valence-electron chi connectivity index (χ3n) is 8.30. The van der Waals surface area contributed by atoms with E-state index in [1.165, 1.54) is 6.20 Å². The molecule has 4 atom stereocenters. The summed E-state index contributed by atoms with van der Waals surface area (Å²) in [6.07, 6.45) is 1.29. The number of carbonyl (C=O) groups is 7. The average molecular weight is 878 g/mol. The Kier molecular flexibility index (Phi) is 18.3. The van der Waals surface area contributed by atoms with E-state index in [-0.39, 0.29) is 44.3 Å². The molecular weight excluding hydrogens is 830 g/mol. The summed E-state index contributed by atoms with van der Waals surface area (Å²) in [5.74, 6) is -5.55. The predicted molar refractivity (Wildman–Crippen MR) is 199 cm³/mol. The molecule has 11 N–H and O–H groups in total. The third kappa shape index (κ3) is 15.9. The molecule has 2 heterocycles. The number of aliphatic carboxylic acids is 1. The van der Waals surface area contributed by atoms with Gasteiger partial charge < -0.3 is 43.2 Å². The minimum absolute atomic E-state index is 0.0656. The van der Waals surface area contributed by atoms with Crippen LogP contribution in [0.15, 0.2) is 52.7 Å². The minimum Gasteiger partial charge on any atom is -0.481 e. The number of aromatic nitrogens is 1.